The van der Waals surface area contributed by atoms with Crippen LogP contribution in [-0.2, 0) is 15.6 Å². The Morgan fingerprint density at radius 3 is 2.79 bits per heavy atom. The standard InChI is InChI=1S/C14H18N2O2S/c1-2-3-6-9-19(18)11-14(17)16-13-8-5-4-7-12(13)10-15/h4-5,7-8H,2-3,6,9,11H2,1H3,(H,16,17). The first-order chi connectivity index (χ1) is 9.17. The maximum Gasteiger partial charge on any atom is 0.237 e. The lowest BCUT2D eigenvalue weighted by Gasteiger charge is -2.06. The van der Waals surface area contributed by atoms with Crippen LogP contribution >= 0.6 is 0 Å². The molecule has 0 radical (unpaired) electrons. The first-order valence-corrected chi connectivity index (χ1v) is 7.80. The summed E-state index contributed by atoms with van der Waals surface area (Å²) >= 11 is 0. The topological polar surface area (TPSA) is 70.0 Å². The molecular weight excluding hydrogens is 260 g/mol. The molecule has 19 heavy (non-hydrogen) atoms. The second-order valence-electron chi connectivity index (χ2n) is 4.20. The van der Waals surface area contributed by atoms with E-state index in [4.69, 9.17) is 5.26 Å². The van der Waals surface area contributed by atoms with Gasteiger partial charge in [0.05, 0.1) is 11.3 Å². The third-order valence-electron chi connectivity index (χ3n) is 2.59. The fourth-order valence-electron chi connectivity index (χ4n) is 1.61. The molecule has 1 rings (SSSR count). The van der Waals surface area contributed by atoms with E-state index in [1.54, 1.807) is 24.3 Å². The first kappa shape index (κ1) is 15.4. The monoisotopic (exact) mass is 278 g/mol. The van der Waals surface area contributed by atoms with E-state index in [-0.39, 0.29) is 11.7 Å². The molecule has 102 valence electrons. The molecule has 1 N–H and O–H groups in total. The average molecular weight is 278 g/mol. The van der Waals surface area contributed by atoms with Gasteiger partial charge in [0, 0.05) is 16.6 Å². The van der Waals surface area contributed by atoms with Crippen LogP contribution < -0.4 is 5.32 Å². The molecule has 0 aromatic heterocycles. The highest BCUT2D eigenvalue weighted by molar-refractivity contribution is 7.85. The van der Waals surface area contributed by atoms with E-state index >= 15 is 0 Å². The highest BCUT2D eigenvalue weighted by atomic mass is 32.2. The van der Waals surface area contributed by atoms with Crippen molar-refractivity contribution < 1.29 is 9.00 Å². The van der Waals surface area contributed by atoms with Gasteiger partial charge in [-0.3, -0.25) is 9.00 Å². The van der Waals surface area contributed by atoms with Crippen LogP contribution in [-0.4, -0.2) is 21.6 Å². The number of hydrogen-bond donors (Lipinski definition) is 1. The van der Waals surface area contributed by atoms with E-state index in [2.05, 4.69) is 12.2 Å². The lowest BCUT2D eigenvalue weighted by Crippen LogP contribution is -2.21. The van der Waals surface area contributed by atoms with E-state index in [9.17, 15) is 9.00 Å². The summed E-state index contributed by atoms with van der Waals surface area (Å²) in [5.41, 5.74) is 0.883. The summed E-state index contributed by atoms with van der Waals surface area (Å²) in [5.74, 6) is 0.238. The van der Waals surface area contributed by atoms with Gasteiger partial charge < -0.3 is 5.32 Å². The van der Waals surface area contributed by atoms with Gasteiger partial charge in [-0.2, -0.15) is 5.26 Å². The zero-order valence-corrected chi connectivity index (χ0v) is 11.8. The highest BCUT2D eigenvalue weighted by Crippen LogP contribution is 2.13. The fraction of sp³-hybridized carbons (Fsp3) is 0.429. The SMILES string of the molecule is CCCCCS(=O)CC(=O)Nc1ccccc1C#N. The predicted molar refractivity (Wildman–Crippen MR) is 77.2 cm³/mol. The molecule has 5 heteroatoms. The molecule has 0 spiro atoms. The Labute approximate surface area is 116 Å². The van der Waals surface area contributed by atoms with Crippen LogP contribution in [0.3, 0.4) is 0 Å². The number of unbranched alkanes of at least 4 members (excludes halogenated alkanes) is 2. The summed E-state index contributed by atoms with van der Waals surface area (Å²) in [6.07, 6.45) is 2.98. The van der Waals surface area contributed by atoms with Gasteiger partial charge in [-0.15, -0.1) is 0 Å². The second-order valence-corrected chi connectivity index (χ2v) is 5.78. The summed E-state index contributed by atoms with van der Waals surface area (Å²) < 4.78 is 11.7. The molecule has 1 amide bonds. The van der Waals surface area contributed by atoms with Gasteiger partial charge in [0.15, 0.2) is 0 Å². The lowest BCUT2D eigenvalue weighted by atomic mass is 10.2. The molecule has 1 unspecified atom stereocenters. The zero-order chi connectivity index (χ0) is 14.1. The molecule has 0 aliphatic rings. The smallest absolute Gasteiger partial charge is 0.237 e. The van der Waals surface area contributed by atoms with E-state index < -0.39 is 10.8 Å². The van der Waals surface area contributed by atoms with Crippen molar-refractivity contribution in [1.82, 2.24) is 0 Å². The van der Waals surface area contributed by atoms with Crippen molar-refractivity contribution in [1.29, 1.82) is 5.26 Å². The molecule has 0 heterocycles. The highest BCUT2D eigenvalue weighted by Gasteiger charge is 2.10. The fourth-order valence-corrected chi connectivity index (χ4v) is 2.64. The maximum atomic E-state index is 11.7. The van der Waals surface area contributed by atoms with Crippen molar-refractivity contribution in [3.05, 3.63) is 29.8 Å². The second kappa shape index (κ2) is 8.44. The number of hydrogen-bond acceptors (Lipinski definition) is 3. The molecule has 0 aliphatic carbocycles. The number of anilines is 1. The van der Waals surface area contributed by atoms with Gasteiger partial charge in [-0.25, -0.2) is 0 Å². The molecule has 0 fully saturated rings. The van der Waals surface area contributed by atoms with Crippen LogP contribution in [0.25, 0.3) is 0 Å². The Bertz CT molecular complexity index is 494. The van der Waals surface area contributed by atoms with Crippen LogP contribution in [0.2, 0.25) is 0 Å². The number of nitrogens with zero attached hydrogens (tertiary/aromatic N) is 1. The summed E-state index contributed by atoms with van der Waals surface area (Å²) in [4.78, 5) is 11.7. The summed E-state index contributed by atoms with van der Waals surface area (Å²) in [5, 5.41) is 11.5. The number of nitrogens with one attached hydrogen (secondary N) is 1. The van der Waals surface area contributed by atoms with Crippen molar-refractivity contribution in [2.45, 2.75) is 26.2 Å². The van der Waals surface area contributed by atoms with E-state index in [0.717, 1.165) is 19.3 Å². The van der Waals surface area contributed by atoms with E-state index in [1.807, 2.05) is 6.07 Å². The predicted octanol–water partition coefficient (Wildman–Crippen LogP) is 2.44. The van der Waals surface area contributed by atoms with E-state index in [0.29, 0.717) is 17.0 Å². The Morgan fingerprint density at radius 2 is 2.11 bits per heavy atom. The summed E-state index contributed by atoms with van der Waals surface area (Å²) in [7, 11) is -1.13. The van der Waals surface area contributed by atoms with Crippen molar-refractivity contribution in [2.24, 2.45) is 0 Å². The molecule has 1 aromatic carbocycles. The van der Waals surface area contributed by atoms with Gasteiger partial charge >= 0.3 is 0 Å². The molecule has 0 bridgehead atoms. The summed E-state index contributed by atoms with van der Waals surface area (Å²) in [6, 6.07) is 8.78. The third-order valence-corrected chi connectivity index (χ3v) is 3.92. The molecular formula is C14H18N2O2S. The minimum atomic E-state index is -1.13. The normalized spacial score (nSPS) is 11.6. The molecule has 0 saturated carbocycles. The van der Waals surface area contributed by atoms with Crippen LogP contribution in [0, 0.1) is 11.3 Å². The number of para-hydroxylation sites is 1. The molecule has 4 nitrogen and oxygen atoms in total. The third kappa shape index (κ3) is 5.66. The lowest BCUT2D eigenvalue weighted by molar-refractivity contribution is -0.113. The van der Waals surface area contributed by atoms with Gasteiger partial charge in [0.25, 0.3) is 0 Å². The Hall–Kier alpha value is -1.67. The van der Waals surface area contributed by atoms with Crippen molar-refractivity contribution in [2.75, 3.05) is 16.8 Å². The largest absolute Gasteiger partial charge is 0.324 e. The number of rotatable bonds is 7. The van der Waals surface area contributed by atoms with Gasteiger partial charge in [0.2, 0.25) is 5.91 Å². The number of amides is 1. The number of carbonyl (C=O) groups excluding carboxylic acids is 1. The molecule has 1 aromatic rings. The molecule has 1 atom stereocenters. The maximum absolute atomic E-state index is 11.7. The quantitative estimate of drug-likeness (QED) is 0.779. The Kier molecular flexibility index (Phi) is 6.83. The van der Waals surface area contributed by atoms with Crippen LogP contribution in [0.5, 0.6) is 0 Å². The van der Waals surface area contributed by atoms with Gasteiger partial charge in [-0.05, 0) is 18.6 Å². The van der Waals surface area contributed by atoms with Crippen LogP contribution in [0.4, 0.5) is 5.69 Å². The Morgan fingerprint density at radius 1 is 1.37 bits per heavy atom. The first-order valence-electron chi connectivity index (χ1n) is 6.31. The average Bonchev–Trinajstić information content (AvgIpc) is 2.39. The van der Waals surface area contributed by atoms with Crippen molar-refractivity contribution in [3.8, 4) is 6.07 Å². The Balaban J connectivity index is 2.47. The minimum Gasteiger partial charge on any atom is -0.324 e. The van der Waals surface area contributed by atoms with Crippen LogP contribution in [0.15, 0.2) is 24.3 Å². The number of carbonyl (C=O) groups is 1. The number of benzene rings is 1. The zero-order valence-electron chi connectivity index (χ0n) is 11.0. The van der Waals surface area contributed by atoms with Crippen LogP contribution in [0.1, 0.15) is 31.7 Å². The van der Waals surface area contributed by atoms with Crippen molar-refractivity contribution >= 4 is 22.4 Å². The summed E-state index contributed by atoms with van der Waals surface area (Å²) in [6.45, 7) is 2.08. The van der Waals surface area contributed by atoms with Crippen molar-refractivity contribution in [3.63, 3.8) is 0 Å². The van der Waals surface area contributed by atoms with Gasteiger partial charge in [0.1, 0.15) is 11.8 Å². The van der Waals surface area contributed by atoms with Gasteiger partial charge in [-0.1, -0.05) is 31.9 Å². The molecule has 0 aliphatic heterocycles. The molecule has 0 saturated heterocycles. The number of nitriles is 1. The van der Waals surface area contributed by atoms with E-state index in [1.165, 1.54) is 0 Å². The minimum absolute atomic E-state index is 0.0104.